The summed E-state index contributed by atoms with van der Waals surface area (Å²) in [6.45, 7) is 1.15. The largest absolute Gasteiger partial charge is 0.472 e. The standard InChI is InChI=1S/C20H18BrN5O2/c21-14-6-7-17(25-12-14)28-15-4-2-11-26(13-15)20(27)18-16(5-1-8-22-18)19-23-9-3-10-24-19/h1,3,5-10,12,15H,2,4,11,13H2. The van der Waals surface area contributed by atoms with Crippen molar-refractivity contribution in [1.82, 2.24) is 24.8 Å². The van der Waals surface area contributed by atoms with Gasteiger partial charge in [-0.05, 0) is 53.0 Å². The van der Waals surface area contributed by atoms with Crippen LogP contribution in [0, 0.1) is 0 Å². The van der Waals surface area contributed by atoms with E-state index in [2.05, 4.69) is 35.9 Å². The number of piperidine rings is 1. The molecule has 1 aliphatic rings. The fourth-order valence-corrected chi connectivity index (χ4v) is 3.40. The Kier molecular flexibility index (Phi) is 5.57. The zero-order valence-electron chi connectivity index (χ0n) is 15.0. The van der Waals surface area contributed by atoms with Crippen LogP contribution in [-0.2, 0) is 0 Å². The number of carbonyl (C=O) groups is 1. The number of amides is 1. The van der Waals surface area contributed by atoms with E-state index < -0.39 is 0 Å². The Hall–Kier alpha value is -2.87. The molecule has 0 bridgehead atoms. The third-order valence-corrected chi connectivity index (χ3v) is 4.94. The van der Waals surface area contributed by atoms with Crippen LogP contribution in [0.15, 0.2) is 59.6 Å². The minimum absolute atomic E-state index is 0.105. The molecule has 4 heterocycles. The number of likely N-dealkylation sites (tertiary alicyclic amines) is 1. The first-order chi connectivity index (χ1) is 13.7. The van der Waals surface area contributed by atoms with E-state index >= 15 is 0 Å². The number of hydrogen-bond donors (Lipinski definition) is 0. The maximum absolute atomic E-state index is 13.2. The van der Waals surface area contributed by atoms with Crippen LogP contribution in [0.5, 0.6) is 5.88 Å². The molecule has 7 nitrogen and oxygen atoms in total. The second kappa shape index (κ2) is 8.43. The number of aromatic nitrogens is 4. The van der Waals surface area contributed by atoms with E-state index in [0.29, 0.717) is 36.1 Å². The van der Waals surface area contributed by atoms with E-state index in [9.17, 15) is 4.79 Å². The van der Waals surface area contributed by atoms with Gasteiger partial charge >= 0.3 is 0 Å². The molecule has 8 heteroatoms. The Balaban J connectivity index is 1.51. The van der Waals surface area contributed by atoms with E-state index in [1.165, 1.54) is 0 Å². The number of rotatable bonds is 4. The SMILES string of the molecule is O=C(c1ncccc1-c1ncccn1)N1CCCC(Oc2ccc(Br)cn2)C1. The van der Waals surface area contributed by atoms with E-state index in [1.807, 2.05) is 18.2 Å². The van der Waals surface area contributed by atoms with Crippen molar-refractivity contribution in [3.63, 3.8) is 0 Å². The second-order valence-corrected chi connectivity index (χ2v) is 7.34. The lowest BCUT2D eigenvalue weighted by Gasteiger charge is -2.32. The summed E-state index contributed by atoms with van der Waals surface area (Å²) < 4.78 is 6.87. The molecule has 0 N–H and O–H groups in total. The van der Waals surface area contributed by atoms with Gasteiger partial charge in [-0.1, -0.05) is 0 Å². The van der Waals surface area contributed by atoms with Gasteiger partial charge in [0.2, 0.25) is 5.88 Å². The highest BCUT2D eigenvalue weighted by Gasteiger charge is 2.28. The average Bonchev–Trinajstić information content (AvgIpc) is 2.76. The van der Waals surface area contributed by atoms with Gasteiger partial charge in [-0.3, -0.25) is 9.78 Å². The summed E-state index contributed by atoms with van der Waals surface area (Å²) in [5.74, 6) is 0.904. The highest BCUT2D eigenvalue weighted by Crippen LogP contribution is 2.23. The van der Waals surface area contributed by atoms with E-state index in [4.69, 9.17) is 4.74 Å². The first kappa shape index (κ1) is 18.5. The van der Waals surface area contributed by atoms with Crippen LogP contribution >= 0.6 is 15.9 Å². The van der Waals surface area contributed by atoms with Crippen molar-refractivity contribution in [2.75, 3.05) is 13.1 Å². The summed E-state index contributed by atoms with van der Waals surface area (Å²) in [6, 6.07) is 9.04. The number of hydrogen-bond acceptors (Lipinski definition) is 6. The van der Waals surface area contributed by atoms with Gasteiger partial charge in [-0.15, -0.1) is 0 Å². The van der Waals surface area contributed by atoms with Gasteiger partial charge in [0.25, 0.3) is 5.91 Å². The van der Waals surface area contributed by atoms with Gasteiger partial charge in [0, 0.05) is 41.9 Å². The Morgan fingerprint density at radius 2 is 1.89 bits per heavy atom. The monoisotopic (exact) mass is 439 g/mol. The Morgan fingerprint density at radius 1 is 1.07 bits per heavy atom. The third-order valence-electron chi connectivity index (χ3n) is 4.47. The first-order valence-electron chi connectivity index (χ1n) is 9.00. The predicted molar refractivity (Wildman–Crippen MR) is 107 cm³/mol. The summed E-state index contributed by atoms with van der Waals surface area (Å²) in [5, 5.41) is 0. The Bertz CT molecular complexity index is 952. The van der Waals surface area contributed by atoms with Crippen LogP contribution in [0.3, 0.4) is 0 Å². The molecule has 1 aliphatic heterocycles. The van der Waals surface area contributed by atoms with Gasteiger partial charge < -0.3 is 9.64 Å². The summed E-state index contributed by atoms with van der Waals surface area (Å²) in [4.78, 5) is 32.0. The fraction of sp³-hybridized carbons (Fsp3) is 0.250. The topological polar surface area (TPSA) is 81.1 Å². The van der Waals surface area contributed by atoms with Crippen molar-refractivity contribution in [1.29, 1.82) is 0 Å². The highest BCUT2D eigenvalue weighted by molar-refractivity contribution is 9.10. The van der Waals surface area contributed by atoms with Crippen molar-refractivity contribution in [2.24, 2.45) is 0 Å². The normalized spacial score (nSPS) is 16.6. The minimum Gasteiger partial charge on any atom is -0.472 e. The average molecular weight is 440 g/mol. The Morgan fingerprint density at radius 3 is 2.68 bits per heavy atom. The second-order valence-electron chi connectivity index (χ2n) is 6.42. The molecule has 3 aromatic heterocycles. The molecule has 4 rings (SSSR count). The lowest BCUT2D eigenvalue weighted by Crippen LogP contribution is -2.44. The maximum atomic E-state index is 13.2. The van der Waals surface area contributed by atoms with Crippen molar-refractivity contribution in [3.8, 4) is 17.3 Å². The number of halogens is 1. The van der Waals surface area contributed by atoms with Gasteiger partial charge in [0.05, 0.1) is 12.1 Å². The van der Waals surface area contributed by atoms with Crippen molar-refractivity contribution >= 4 is 21.8 Å². The molecule has 0 aromatic carbocycles. The van der Waals surface area contributed by atoms with E-state index in [1.54, 1.807) is 41.8 Å². The van der Waals surface area contributed by atoms with Crippen LogP contribution in [0.25, 0.3) is 11.4 Å². The summed E-state index contributed by atoms with van der Waals surface area (Å²) in [5.41, 5.74) is 0.988. The van der Waals surface area contributed by atoms with Crippen LogP contribution < -0.4 is 4.74 Å². The maximum Gasteiger partial charge on any atom is 0.273 e. The quantitative estimate of drug-likeness (QED) is 0.619. The lowest BCUT2D eigenvalue weighted by molar-refractivity contribution is 0.0523. The molecule has 1 unspecified atom stereocenters. The zero-order valence-corrected chi connectivity index (χ0v) is 16.6. The number of nitrogens with zero attached hydrogens (tertiary/aromatic N) is 5. The number of carbonyl (C=O) groups excluding carboxylic acids is 1. The molecular weight excluding hydrogens is 422 g/mol. The van der Waals surface area contributed by atoms with Crippen LogP contribution in [0.4, 0.5) is 0 Å². The highest BCUT2D eigenvalue weighted by atomic mass is 79.9. The smallest absolute Gasteiger partial charge is 0.273 e. The fourth-order valence-electron chi connectivity index (χ4n) is 3.17. The first-order valence-corrected chi connectivity index (χ1v) is 9.80. The molecule has 1 fully saturated rings. The van der Waals surface area contributed by atoms with E-state index in [0.717, 1.165) is 17.3 Å². The molecule has 1 atom stereocenters. The van der Waals surface area contributed by atoms with Gasteiger partial charge in [0.15, 0.2) is 5.82 Å². The third kappa shape index (κ3) is 4.17. The lowest BCUT2D eigenvalue weighted by atomic mass is 10.1. The van der Waals surface area contributed by atoms with Crippen molar-refractivity contribution in [3.05, 3.63) is 65.3 Å². The van der Waals surface area contributed by atoms with Gasteiger partial charge in [-0.25, -0.2) is 15.0 Å². The van der Waals surface area contributed by atoms with E-state index in [-0.39, 0.29) is 12.0 Å². The summed E-state index contributed by atoms with van der Waals surface area (Å²) in [6.07, 6.45) is 8.24. The van der Waals surface area contributed by atoms with Gasteiger partial charge in [-0.2, -0.15) is 0 Å². The molecule has 0 radical (unpaired) electrons. The molecular formula is C20H18BrN5O2. The molecule has 1 saturated heterocycles. The molecule has 0 saturated carbocycles. The zero-order chi connectivity index (χ0) is 19.3. The minimum atomic E-state index is -0.139. The molecule has 0 spiro atoms. The predicted octanol–water partition coefficient (Wildman–Crippen LogP) is 3.38. The summed E-state index contributed by atoms with van der Waals surface area (Å²) in [7, 11) is 0. The number of pyridine rings is 2. The van der Waals surface area contributed by atoms with Crippen LogP contribution in [0.1, 0.15) is 23.3 Å². The van der Waals surface area contributed by atoms with Crippen molar-refractivity contribution < 1.29 is 9.53 Å². The van der Waals surface area contributed by atoms with Crippen LogP contribution in [-0.4, -0.2) is 49.9 Å². The molecule has 142 valence electrons. The summed E-state index contributed by atoms with van der Waals surface area (Å²) >= 11 is 3.36. The van der Waals surface area contributed by atoms with Crippen molar-refractivity contribution in [2.45, 2.75) is 18.9 Å². The molecule has 0 aliphatic carbocycles. The van der Waals surface area contributed by atoms with Gasteiger partial charge in [0.1, 0.15) is 11.8 Å². The Labute approximate surface area is 171 Å². The molecule has 28 heavy (non-hydrogen) atoms. The molecule has 3 aromatic rings. The number of ether oxygens (including phenoxy) is 1. The molecule has 1 amide bonds. The van der Waals surface area contributed by atoms with Crippen LogP contribution in [0.2, 0.25) is 0 Å².